The van der Waals surface area contributed by atoms with Crippen molar-refractivity contribution in [3.63, 3.8) is 0 Å². The summed E-state index contributed by atoms with van der Waals surface area (Å²) in [5, 5.41) is 0. The lowest BCUT2D eigenvalue weighted by molar-refractivity contribution is -0.136. The van der Waals surface area contributed by atoms with Gasteiger partial charge >= 0.3 is 5.97 Å². The molecule has 0 radical (unpaired) electrons. The predicted octanol–water partition coefficient (Wildman–Crippen LogP) is 1.94. The number of ether oxygens (including phenoxy) is 1. The van der Waals surface area contributed by atoms with Crippen LogP contribution in [-0.2, 0) is 9.53 Å². The van der Waals surface area contributed by atoms with Crippen LogP contribution in [0, 0.1) is 0 Å². The second-order valence-electron chi connectivity index (χ2n) is 2.15. The van der Waals surface area contributed by atoms with E-state index in [1.807, 2.05) is 6.92 Å². The molecule has 0 rings (SSSR count). The standard InChI is InChI=1S/C8H12O2S/c1-6(8(9)10-3)4-5-7(2)11/h4-5,11H,1-3H3/b6-4+,7-5-. The highest BCUT2D eigenvalue weighted by molar-refractivity contribution is 7.84. The molecule has 0 aromatic carbocycles. The summed E-state index contributed by atoms with van der Waals surface area (Å²) < 4.78 is 4.48. The van der Waals surface area contributed by atoms with Crippen molar-refractivity contribution in [3.05, 3.63) is 22.6 Å². The van der Waals surface area contributed by atoms with Crippen LogP contribution in [0.5, 0.6) is 0 Å². The lowest BCUT2D eigenvalue weighted by atomic mass is 10.3. The van der Waals surface area contributed by atoms with Crippen molar-refractivity contribution in [2.24, 2.45) is 0 Å². The maximum absolute atomic E-state index is 10.8. The summed E-state index contributed by atoms with van der Waals surface area (Å²) in [5.41, 5.74) is 0.570. The van der Waals surface area contributed by atoms with Crippen LogP contribution in [-0.4, -0.2) is 13.1 Å². The minimum absolute atomic E-state index is 0.309. The molecule has 0 aromatic heterocycles. The van der Waals surface area contributed by atoms with Gasteiger partial charge in [0.25, 0.3) is 0 Å². The van der Waals surface area contributed by atoms with E-state index in [9.17, 15) is 4.79 Å². The fraction of sp³-hybridized carbons (Fsp3) is 0.375. The fourth-order valence-corrected chi connectivity index (χ4v) is 0.549. The third-order valence-corrected chi connectivity index (χ3v) is 1.23. The van der Waals surface area contributed by atoms with E-state index in [-0.39, 0.29) is 5.97 Å². The largest absolute Gasteiger partial charge is 0.466 e. The van der Waals surface area contributed by atoms with Crippen molar-refractivity contribution in [1.29, 1.82) is 0 Å². The van der Waals surface area contributed by atoms with Gasteiger partial charge < -0.3 is 4.74 Å². The molecule has 0 aliphatic heterocycles. The molecule has 11 heavy (non-hydrogen) atoms. The number of thiol groups is 1. The van der Waals surface area contributed by atoms with E-state index in [1.54, 1.807) is 19.1 Å². The number of carbonyl (C=O) groups excluding carboxylic acids is 1. The van der Waals surface area contributed by atoms with Gasteiger partial charge in [-0.2, -0.15) is 0 Å². The normalized spacial score (nSPS) is 13.1. The lowest BCUT2D eigenvalue weighted by Crippen LogP contribution is -2.00. The molecular formula is C8H12O2S. The second kappa shape index (κ2) is 5.02. The van der Waals surface area contributed by atoms with Crippen LogP contribution in [0.25, 0.3) is 0 Å². The molecule has 0 atom stereocenters. The summed E-state index contributed by atoms with van der Waals surface area (Å²) in [6.07, 6.45) is 3.42. The molecule has 0 unspecified atom stereocenters. The van der Waals surface area contributed by atoms with E-state index >= 15 is 0 Å². The molecule has 0 aliphatic rings. The number of carbonyl (C=O) groups is 1. The van der Waals surface area contributed by atoms with Crippen LogP contribution in [0.15, 0.2) is 22.6 Å². The molecule has 0 amide bonds. The second-order valence-corrected chi connectivity index (χ2v) is 2.85. The monoisotopic (exact) mass is 172 g/mol. The first-order valence-corrected chi connectivity index (χ1v) is 3.65. The minimum atomic E-state index is -0.309. The third-order valence-electron chi connectivity index (χ3n) is 1.08. The van der Waals surface area contributed by atoms with Gasteiger partial charge in [-0.05, 0) is 18.8 Å². The number of hydrogen-bond donors (Lipinski definition) is 1. The Labute approximate surface area is 72.3 Å². The molecule has 3 heteroatoms. The van der Waals surface area contributed by atoms with Gasteiger partial charge in [-0.3, -0.25) is 0 Å². The van der Waals surface area contributed by atoms with E-state index < -0.39 is 0 Å². The van der Waals surface area contributed by atoms with Crippen LogP contribution in [0.3, 0.4) is 0 Å². The molecule has 0 bridgehead atoms. The van der Waals surface area contributed by atoms with Gasteiger partial charge in [-0.25, -0.2) is 4.79 Å². The quantitative estimate of drug-likeness (QED) is 0.298. The number of esters is 1. The van der Waals surface area contributed by atoms with Crippen molar-refractivity contribution >= 4 is 18.6 Å². The van der Waals surface area contributed by atoms with Crippen molar-refractivity contribution in [1.82, 2.24) is 0 Å². The Morgan fingerprint density at radius 1 is 1.36 bits per heavy atom. The van der Waals surface area contributed by atoms with E-state index in [1.165, 1.54) is 7.11 Å². The average molecular weight is 172 g/mol. The smallest absolute Gasteiger partial charge is 0.333 e. The van der Waals surface area contributed by atoms with Crippen LogP contribution >= 0.6 is 12.6 Å². The SMILES string of the molecule is COC(=O)/C(C)=C/C=C(/C)S. The first-order chi connectivity index (χ1) is 5.07. The minimum Gasteiger partial charge on any atom is -0.466 e. The van der Waals surface area contributed by atoms with Gasteiger partial charge in [0.05, 0.1) is 7.11 Å². The molecular weight excluding hydrogens is 160 g/mol. The topological polar surface area (TPSA) is 26.3 Å². The van der Waals surface area contributed by atoms with Crippen molar-refractivity contribution in [2.75, 3.05) is 7.11 Å². The maximum Gasteiger partial charge on any atom is 0.333 e. The summed E-state index contributed by atoms with van der Waals surface area (Å²) in [4.78, 5) is 11.6. The lowest BCUT2D eigenvalue weighted by Gasteiger charge is -1.95. The Morgan fingerprint density at radius 3 is 2.27 bits per heavy atom. The maximum atomic E-state index is 10.8. The zero-order chi connectivity index (χ0) is 8.85. The van der Waals surface area contributed by atoms with Crippen LogP contribution in [0.4, 0.5) is 0 Å². The summed E-state index contributed by atoms with van der Waals surface area (Å²) in [7, 11) is 1.36. The Morgan fingerprint density at radius 2 is 1.91 bits per heavy atom. The van der Waals surface area contributed by atoms with Gasteiger partial charge in [0.1, 0.15) is 0 Å². The summed E-state index contributed by atoms with van der Waals surface area (Å²) in [6, 6.07) is 0. The molecule has 0 saturated carbocycles. The number of hydrogen-bond acceptors (Lipinski definition) is 3. The van der Waals surface area contributed by atoms with Gasteiger partial charge in [-0.1, -0.05) is 12.2 Å². The zero-order valence-corrected chi connectivity index (χ0v) is 7.81. The average Bonchev–Trinajstić information content (AvgIpc) is 1.98. The van der Waals surface area contributed by atoms with Gasteiger partial charge in [0.15, 0.2) is 0 Å². The highest BCUT2D eigenvalue weighted by Gasteiger charge is 1.99. The number of allylic oxidation sites excluding steroid dienone is 3. The Bertz CT molecular complexity index is 200. The molecule has 0 N–H and O–H groups in total. The van der Waals surface area contributed by atoms with Crippen LogP contribution < -0.4 is 0 Å². The molecule has 0 heterocycles. The molecule has 0 spiro atoms. The Hall–Kier alpha value is -0.700. The van der Waals surface area contributed by atoms with E-state index in [0.717, 1.165) is 4.91 Å². The zero-order valence-electron chi connectivity index (χ0n) is 6.92. The first-order valence-electron chi connectivity index (χ1n) is 3.20. The molecule has 0 saturated heterocycles. The van der Waals surface area contributed by atoms with E-state index in [2.05, 4.69) is 17.4 Å². The molecule has 62 valence electrons. The highest BCUT2D eigenvalue weighted by atomic mass is 32.1. The third kappa shape index (κ3) is 4.67. The molecule has 0 aromatic rings. The summed E-state index contributed by atoms with van der Waals surface area (Å²) in [5.74, 6) is -0.309. The van der Waals surface area contributed by atoms with Gasteiger partial charge in [-0.15, -0.1) is 12.6 Å². The predicted molar refractivity (Wildman–Crippen MR) is 48.5 cm³/mol. The Kier molecular flexibility index (Phi) is 4.70. The van der Waals surface area contributed by atoms with Crippen molar-refractivity contribution < 1.29 is 9.53 Å². The van der Waals surface area contributed by atoms with Crippen LogP contribution in [0.1, 0.15) is 13.8 Å². The van der Waals surface area contributed by atoms with Crippen molar-refractivity contribution in [3.8, 4) is 0 Å². The van der Waals surface area contributed by atoms with Gasteiger partial charge in [0.2, 0.25) is 0 Å². The number of methoxy groups -OCH3 is 1. The summed E-state index contributed by atoms with van der Waals surface area (Å²) in [6.45, 7) is 3.53. The highest BCUT2D eigenvalue weighted by Crippen LogP contribution is 2.01. The summed E-state index contributed by atoms with van der Waals surface area (Å²) >= 11 is 4.03. The van der Waals surface area contributed by atoms with Crippen LogP contribution in [0.2, 0.25) is 0 Å². The molecule has 0 fully saturated rings. The molecule has 0 aliphatic carbocycles. The fourth-order valence-electron chi connectivity index (χ4n) is 0.475. The van der Waals surface area contributed by atoms with E-state index in [4.69, 9.17) is 0 Å². The number of rotatable bonds is 2. The Balaban J connectivity index is 4.23. The van der Waals surface area contributed by atoms with Gasteiger partial charge in [0, 0.05) is 5.57 Å². The van der Waals surface area contributed by atoms with Crippen molar-refractivity contribution in [2.45, 2.75) is 13.8 Å². The first kappa shape index (κ1) is 10.3. The molecule has 2 nitrogen and oxygen atoms in total. The van der Waals surface area contributed by atoms with E-state index in [0.29, 0.717) is 5.57 Å².